The van der Waals surface area contributed by atoms with Crippen LogP contribution < -0.4 is 11.1 Å². The number of hydrogen-bond donors (Lipinski definition) is 2. The van der Waals surface area contributed by atoms with E-state index in [0.29, 0.717) is 17.0 Å². The average Bonchev–Trinajstić information content (AvgIpc) is 3.05. The summed E-state index contributed by atoms with van der Waals surface area (Å²) in [7, 11) is 0. The number of benzene rings is 1. The lowest BCUT2D eigenvalue weighted by atomic mass is 10.2. The van der Waals surface area contributed by atoms with Gasteiger partial charge in [0, 0.05) is 17.3 Å². The molecule has 0 aliphatic rings. The van der Waals surface area contributed by atoms with Gasteiger partial charge in [0.2, 0.25) is 5.91 Å². The number of anilines is 1. The molecule has 2 rings (SSSR count). The Balaban J connectivity index is 1.78. The summed E-state index contributed by atoms with van der Waals surface area (Å²) in [4.78, 5) is 34.0. The molecule has 1 aromatic heterocycles. The van der Waals surface area contributed by atoms with Crippen molar-refractivity contribution in [2.75, 3.05) is 11.9 Å². The molecule has 7 heteroatoms. The second-order valence-electron chi connectivity index (χ2n) is 4.45. The van der Waals surface area contributed by atoms with E-state index in [4.69, 9.17) is 14.9 Å². The van der Waals surface area contributed by atoms with Crippen molar-refractivity contribution in [2.45, 2.75) is 0 Å². The first kappa shape index (κ1) is 16.0. The van der Waals surface area contributed by atoms with Gasteiger partial charge in [-0.15, -0.1) is 0 Å². The smallest absolute Gasteiger partial charge is 0.331 e. The van der Waals surface area contributed by atoms with Crippen LogP contribution in [0.5, 0.6) is 0 Å². The molecular weight excluding hydrogens is 300 g/mol. The van der Waals surface area contributed by atoms with Crippen molar-refractivity contribution in [3.63, 3.8) is 0 Å². The monoisotopic (exact) mass is 314 g/mol. The molecule has 0 atom stereocenters. The van der Waals surface area contributed by atoms with Gasteiger partial charge in [0.1, 0.15) is 5.76 Å². The molecule has 0 saturated carbocycles. The predicted octanol–water partition coefficient (Wildman–Crippen LogP) is 1.57. The molecule has 118 valence electrons. The zero-order valence-corrected chi connectivity index (χ0v) is 12.0. The molecule has 7 nitrogen and oxygen atoms in total. The fraction of sp³-hybridized carbons (Fsp3) is 0.0625. The molecule has 1 heterocycles. The Morgan fingerprint density at radius 3 is 2.52 bits per heavy atom. The first-order valence-corrected chi connectivity index (χ1v) is 6.62. The van der Waals surface area contributed by atoms with Gasteiger partial charge < -0.3 is 20.2 Å². The number of hydrogen-bond acceptors (Lipinski definition) is 5. The van der Waals surface area contributed by atoms with Crippen LogP contribution in [0.3, 0.4) is 0 Å². The lowest BCUT2D eigenvalue weighted by Gasteiger charge is -2.05. The summed E-state index contributed by atoms with van der Waals surface area (Å²) in [5, 5.41) is 2.52. The van der Waals surface area contributed by atoms with E-state index in [1.165, 1.54) is 36.6 Å². The molecule has 3 N–H and O–H groups in total. The number of ether oxygens (including phenoxy) is 1. The van der Waals surface area contributed by atoms with Crippen molar-refractivity contribution in [3.8, 4) is 0 Å². The fourth-order valence-corrected chi connectivity index (χ4v) is 1.64. The second-order valence-corrected chi connectivity index (χ2v) is 4.45. The van der Waals surface area contributed by atoms with E-state index in [-0.39, 0.29) is 0 Å². The van der Waals surface area contributed by atoms with Crippen molar-refractivity contribution in [1.29, 1.82) is 0 Å². The van der Waals surface area contributed by atoms with Crippen LogP contribution in [0.2, 0.25) is 0 Å². The third-order valence-electron chi connectivity index (χ3n) is 2.73. The van der Waals surface area contributed by atoms with Crippen LogP contribution in [0.25, 0.3) is 6.08 Å². The van der Waals surface area contributed by atoms with Crippen LogP contribution in [-0.2, 0) is 14.3 Å². The highest BCUT2D eigenvalue weighted by atomic mass is 16.5. The normalized spacial score (nSPS) is 10.4. The molecule has 1 aromatic carbocycles. The van der Waals surface area contributed by atoms with Gasteiger partial charge in [-0.05, 0) is 42.5 Å². The van der Waals surface area contributed by atoms with Gasteiger partial charge >= 0.3 is 5.97 Å². The Hall–Kier alpha value is -3.35. The zero-order valence-electron chi connectivity index (χ0n) is 12.0. The highest BCUT2D eigenvalue weighted by molar-refractivity contribution is 5.96. The SMILES string of the molecule is NC(=O)c1ccc(NC(=O)COC(=O)/C=C/c2ccco2)cc1. The average molecular weight is 314 g/mol. The quantitative estimate of drug-likeness (QED) is 0.621. The van der Waals surface area contributed by atoms with Gasteiger partial charge in [-0.25, -0.2) is 4.79 Å². The van der Waals surface area contributed by atoms with Crippen LogP contribution in [0.1, 0.15) is 16.1 Å². The molecule has 0 fully saturated rings. The molecule has 0 unspecified atom stereocenters. The zero-order chi connectivity index (χ0) is 16.7. The topological polar surface area (TPSA) is 112 Å². The van der Waals surface area contributed by atoms with Crippen molar-refractivity contribution in [1.82, 2.24) is 0 Å². The maximum atomic E-state index is 11.6. The number of carbonyl (C=O) groups excluding carboxylic acids is 3. The lowest BCUT2D eigenvalue weighted by molar-refractivity contribution is -0.142. The fourth-order valence-electron chi connectivity index (χ4n) is 1.64. The Morgan fingerprint density at radius 1 is 1.17 bits per heavy atom. The standard InChI is InChI=1S/C16H14N2O5/c17-16(21)11-3-5-12(6-4-11)18-14(19)10-23-15(20)8-7-13-2-1-9-22-13/h1-9H,10H2,(H2,17,21)(H,18,19)/b8-7+. The minimum absolute atomic E-state index is 0.331. The number of carbonyl (C=O) groups is 3. The molecule has 23 heavy (non-hydrogen) atoms. The summed E-state index contributed by atoms with van der Waals surface area (Å²) >= 11 is 0. The first-order valence-electron chi connectivity index (χ1n) is 6.62. The van der Waals surface area contributed by atoms with Crippen molar-refractivity contribution < 1.29 is 23.5 Å². The van der Waals surface area contributed by atoms with E-state index < -0.39 is 24.4 Å². The van der Waals surface area contributed by atoms with Gasteiger partial charge in [-0.2, -0.15) is 0 Å². The number of amides is 2. The second kappa shape index (κ2) is 7.60. The minimum Gasteiger partial charge on any atom is -0.465 e. The summed E-state index contributed by atoms with van der Waals surface area (Å²) in [6.45, 7) is -0.432. The van der Waals surface area contributed by atoms with Crippen molar-refractivity contribution in [2.24, 2.45) is 5.73 Å². The summed E-state index contributed by atoms with van der Waals surface area (Å²) in [6.07, 6.45) is 4.07. The van der Waals surface area contributed by atoms with E-state index in [1.54, 1.807) is 12.1 Å². The Kier molecular flexibility index (Phi) is 5.30. The Morgan fingerprint density at radius 2 is 1.91 bits per heavy atom. The van der Waals surface area contributed by atoms with E-state index in [0.717, 1.165) is 6.08 Å². The third kappa shape index (κ3) is 5.16. The molecule has 0 radical (unpaired) electrons. The number of esters is 1. The van der Waals surface area contributed by atoms with Crippen molar-refractivity contribution >= 4 is 29.5 Å². The van der Waals surface area contributed by atoms with Gasteiger partial charge in [0.15, 0.2) is 6.61 Å². The number of nitrogens with one attached hydrogen (secondary N) is 1. The van der Waals surface area contributed by atoms with Gasteiger partial charge in [-0.3, -0.25) is 9.59 Å². The Bertz CT molecular complexity index is 717. The first-order chi connectivity index (χ1) is 11.0. The molecule has 2 aromatic rings. The van der Waals surface area contributed by atoms with E-state index in [2.05, 4.69) is 5.32 Å². The largest absolute Gasteiger partial charge is 0.465 e. The maximum absolute atomic E-state index is 11.6. The van der Waals surface area contributed by atoms with E-state index >= 15 is 0 Å². The van der Waals surface area contributed by atoms with Gasteiger partial charge in [0.25, 0.3) is 5.91 Å². The number of rotatable bonds is 6. The number of furan rings is 1. The summed E-state index contributed by atoms with van der Waals surface area (Å²) in [5.74, 6) is -1.22. The number of primary amides is 1. The summed E-state index contributed by atoms with van der Waals surface area (Å²) in [5.41, 5.74) is 5.90. The molecule has 0 aliphatic heterocycles. The maximum Gasteiger partial charge on any atom is 0.331 e. The molecule has 0 spiro atoms. The number of nitrogens with two attached hydrogens (primary N) is 1. The van der Waals surface area contributed by atoms with E-state index in [9.17, 15) is 14.4 Å². The third-order valence-corrected chi connectivity index (χ3v) is 2.73. The van der Waals surface area contributed by atoms with Crippen LogP contribution in [-0.4, -0.2) is 24.4 Å². The molecule has 0 aliphatic carbocycles. The molecular formula is C16H14N2O5. The highest BCUT2D eigenvalue weighted by Gasteiger charge is 2.06. The van der Waals surface area contributed by atoms with Crippen LogP contribution in [0, 0.1) is 0 Å². The van der Waals surface area contributed by atoms with E-state index in [1.807, 2.05) is 0 Å². The molecule has 0 saturated heterocycles. The Labute approximate surface area is 131 Å². The summed E-state index contributed by atoms with van der Waals surface area (Å²) < 4.78 is 9.79. The van der Waals surface area contributed by atoms with Crippen LogP contribution in [0.15, 0.2) is 53.2 Å². The van der Waals surface area contributed by atoms with Gasteiger partial charge in [-0.1, -0.05) is 0 Å². The van der Waals surface area contributed by atoms with Crippen LogP contribution in [0.4, 0.5) is 5.69 Å². The summed E-state index contributed by atoms with van der Waals surface area (Å²) in [6, 6.07) is 9.37. The molecule has 0 bridgehead atoms. The van der Waals surface area contributed by atoms with Gasteiger partial charge in [0.05, 0.1) is 6.26 Å². The highest BCUT2D eigenvalue weighted by Crippen LogP contribution is 2.09. The lowest BCUT2D eigenvalue weighted by Crippen LogP contribution is -2.20. The minimum atomic E-state index is -0.666. The van der Waals surface area contributed by atoms with Crippen molar-refractivity contribution in [3.05, 3.63) is 60.1 Å². The predicted molar refractivity (Wildman–Crippen MR) is 82.3 cm³/mol. The molecule has 2 amide bonds. The van der Waals surface area contributed by atoms with Crippen LogP contribution >= 0.6 is 0 Å².